The molecule has 3 rings (SSSR count). The van der Waals surface area contributed by atoms with Crippen LogP contribution in [0.2, 0.25) is 5.02 Å². The fourth-order valence-corrected chi connectivity index (χ4v) is 2.70. The first kappa shape index (κ1) is 16.4. The average Bonchev–Trinajstić information content (AvgIpc) is 2.89. The number of carbonyl (C=O) groups excluding carboxylic acids is 1. The zero-order valence-electron chi connectivity index (χ0n) is 13.5. The number of benzene rings is 1. The van der Waals surface area contributed by atoms with Crippen LogP contribution in [-0.2, 0) is 11.3 Å². The van der Waals surface area contributed by atoms with Crippen LogP contribution in [0, 0.1) is 13.8 Å². The van der Waals surface area contributed by atoms with E-state index in [1.54, 1.807) is 6.92 Å². The maximum absolute atomic E-state index is 12.0. The normalized spacial score (nSPS) is 11.0. The van der Waals surface area contributed by atoms with Crippen molar-refractivity contribution in [1.82, 2.24) is 19.5 Å². The Morgan fingerprint density at radius 3 is 2.88 bits per heavy atom. The molecule has 0 N–H and O–H groups in total. The zero-order chi connectivity index (χ0) is 17.1. The number of para-hydroxylation sites is 2. The van der Waals surface area contributed by atoms with Gasteiger partial charge >= 0.3 is 5.97 Å². The molecule has 0 spiro atoms. The van der Waals surface area contributed by atoms with Gasteiger partial charge in [-0.1, -0.05) is 23.7 Å². The number of hydrogen-bond donors (Lipinski definition) is 0. The number of aromatic nitrogens is 4. The van der Waals surface area contributed by atoms with Gasteiger partial charge < -0.3 is 9.30 Å². The van der Waals surface area contributed by atoms with Crippen molar-refractivity contribution >= 4 is 28.6 Å². The number of nitrogens with zero attached hydrogens (tertiary/aromatic N) is 4. The predicted molar refractivity (Wildman–Crippen MR) is 91.1 cm³/mol. The van der Waals surface area contributed by atoms with Crippen molar-refractivity contribution in [2.24, 2.45) is 0 Å². The quantitative estimate of drug-likeness (QED) is 0.524. The molecule has 0 atom stereocenters. The van der Waals surface area contributed by atoms with Crippen molar-refractivity contribution in [3.05, 3.63) is 52.8 Å². The molecule has 0 fully saturated rings. The van der Waals surface area contributed by atoms with Gasteiger partial charge in [-0.05, 0) is 32.4 Å². The number of ether oxygens (including phenoxy) is 1. The molecule has 0 aliphatic heterocycles. The molecular weight excluding hydrogens is 328 g/mol. The summed E-state index contributed by atoms with van der Waals surface area (Å²) in [6.45, 7) is 4.66. The van der Waals surface area contributed by atoms with E-state index >= 15 is 0 Å². The number of halogens is 1. The van der Waals surface area contributed by atoms with Crippen molar-refractivity contribution in [3.8, 4) is 0 Å². The monoisotopic (exact) mass is 344 g/mol. The SMILES string of the molecule is Cc1ncc(Cl)c(C(=O)OCCCn2c(C)nc3ccccc32)n1. The van der Waals surface area contributed by atoms with E-state index in [-0.39, 0.29) is 17.3 Å². The lowest BCUT2D eigenvalue weighted by Crippen LogP contribution is -2.12. The summed E-state index contributed by atoms with van der Waals surface area (Å²) in [4.78, 5) is 24.5. The molecule has 0 amide bonds. The highest BCUT2D eigenvalue weighted by atomic mass is 35.5. The molecular formula is C17H17ClN4O2. The van der Waals surface area contributed by atoms with Crippen LogP contribution in [0.25, 0.3) is 11.0 Å². The van der Waals surface area contributed by atoms with Crippen LogP contribution in [0.5, 0.6) is 0 Å². The smallest absolute Gasteiger partial charge is 0.358 e. The van der Waals surface area contributed by atoms with Gasteiger partial charge in [0.25, 0.3) is 0 Å². The Balaban J connectivity index is 1.60. The summed E-state index contributed by atoms with van der Waals surface area (Å²) < 4.78 is 7.38. The number of hydrogen-bond acceptors (Lipinski definition) is 5. The number of carbonyl (C=O) groups is 1. The highest BCUT2D eigenvalue weighted by molar-refractivity contribution is 6.33. The molecule has 6 nitrogen and oxygen atoms in total. The van der Waals surface area contributed by atoms with Gasteiger partial charge in [0.2, 0.25) is 0 Å². The van der Waals surface area contributed by atoms with Crippen LogP contribution in [0.3, 0.4) is 0 Å². The number of imidazole rings is 1. The Morgan fingerprint density at radius 2 is 2.04 bits per heavy atom. The molecule has 0 bridgehead atoms. The first-order valence-electron chi connectivity index (χ1n) is 7.64. The van der Waals surface area contributed by atoms with Crippen LogP contribution >= 0.6 is 11.6 Å². The topological polar surface area (TPSA) is 69.9 Å². The Labute approximate surface area is 144 Å². The lowest BCUT2D eigenvalue weighted by Gasteiger charge is -2.08. The highest BCUT2D eigenvalue weighted by Gasteiger charge is 2.14. The summed E-state index contributed by atoms with van der Waals surface area (Å²) in [5.41, 5.74) is 2.15. The third-order valence-corrected chi connectivity index (χ3v) is 3.94. The van der Waals surface area contributed by atoms with Gasteiger partial charge in [0.1, 0.15) is 11.6 Å². The molecule has 0 unspecified atom stereocenters. The molecule has 3 aromatic rings. The minimum absolute atomic E-state index is 0.105. The highest BCUT2D eigenvalue weighted by Crippen LogP contribution is 2.16. The molecule has 0 saturated carbocycles. The maximum atomic E-state index is 12.0. The van der Waals surface area contributed by atoms with Crippen LogP contribution < -0.4 is 0 Å². The molecule has 24 heavy (non-hydrogen) atoms. The summed E-state index contributed by atoms with van der Waals surface area (Å²) >= 11 is 5.93. The average molecular weight is 345 g/mol. The van der Waals surface area contributed by atoms with E-state index in [1.807, 2.05) is 31.2 Å². The minimum atomic E-state index is -0.530. The maximum Gasteiger partial charge on any atom is 0.358 e. The molecule has 2 aromatic heterocycles. The Kier molecular flexibility index (Phi) is 4.76. The van der Waals surface area contributed by atoms with Crippen molar-refractivity contribution in [2.45, 2.75) is 26.8 Å². The summed E-state index contributed by atoms with van der Waals surface area (Å²) in [5, 5.41) is 0.196. The standard InChI is InChI=1S/C17H17ClN4O2/c1-11-19-10-13(18)16(20-11)17(23)24-9-5-8-22-12(2)21-14-6-3-4-7-15(14)22/h3-4,6-7,10H,5,8-9H2,1-2H3. The van der Waals surface area contributed by atoms with E-state index in [9.17, 15) is 4.79 Å². The van der Waals surface area contributed by atoms with E-state index in [1.165, 1.54) is 6.20 Å². The lowest BCUT2D eigenvalue weighted by atomic mass is 10.3. The van der Waals surface area contributed by atoms with E-state index in [4.69, 9.17) is 16.3 Å². The van der Waals surface area contributed by atoms with E-state index in [0.717, 1.165) is 23.4 Å². The van der Waals surface area contributed by atoms with Crippen LogP contribution in [0.1, 0.15) is 28.6 Å². The van der Waals surface area contributed by atoms with Crippen molar-refractivity contribution in [2.75, 3.05) is 6.61 Å². The van der Waals surface area contributed by atoms with Gasteiger partial charge in [0.05, 0.1) is 28.9 Å². The third kappa shape index (κ3) is 3.38. The summed E-state index contributed by atoms with van der Waals surface area (Å²) in [7, 11) is 0. The lowest BCUT2D eigenvalue weighted by molar-refractivity contribution is 0.0489. The second-order valence-electron chi connectivity index (χ2n) is 5.40. The molecule has 7 heteroatoms. The van der Waals surface area contributed by atoms with Gasteiger partial charge in [-0.3, -0.25) is 0 Å². The van der Waals surface area contributed by atoms with Crippen LogP contribution in [-0.4, -0.2) is 32.1 Å². The summed E-state index contributed by atoms with van der Waals surface area (Å²) in [6.07, 6.45) is 2.08. The first-order chi connectivity index (χ1) is 11.6. The molecule has 0 aliphatic carbocycles. The van der Waals surface area contributed by atoms with Gasteiger partial charge in [0, 0.05) is 6.54 Å². The van der Waals surface area contributed by atoms with Gasteiger partial charge in [-0.25, -0.2) is 19.7 Å². The largest absolute Gasteiger partial charge is 0.461 e. The van der Waals surface area contributed by atoms with Crippen LogP contribution in [0.15, 0.2) is 30.5 Å². The first-order valence-corrected chi connectivity index (χ1v) is 8.02. The second-order valence-corrected chi connectivity index (χ2v) is 5.81. The number of fused-ring (bicyclic) bond motifs is 1. The molecule has 0 aliphatic rings. The van der Waals surface area contributed by atoms with Gasteiger partial charge in [-0.2, -0.15) is 0 Å². The van der Waals surface area contributed by atoms with Crippen LogP contribution in [0.4, 0.5) is 0 Å². The van der Waals surface area contributed by atoms with E-state index < -0.39 is 5.97 Å². The molecule has 2 heterocycles. The number of esters is 1. The molecule has 0 radical (unpaired) electrons. The summed E-state index contributed by atoms with van der Waals surface area (Å²) in [6, 6.07) is 7.97. The van der Waals surface area contributed by atoms with E-state index in [2.05, 4.69) is 19.5 Å². The fraction of sp³-hybridized carbons (Fsp3) is 0.294. The van der Waals surface area contributed by atoms with Gasteiger partial charge in [0.15, 0.2) is 5.69 Å². The Bertz CT molecular complexity index is 891. The fourth-order valence-electron chi connectivity index (χ4n) is 2.53. The molecule has 124 valence electrons. The van der Waals surface area contributed by atoms with E-state index in [0.29, 0.717) is 12.2 Å². The minimum Gasteiger partial charge on any atom is -0.461 e. The third-order valence-electron chi connectivity index (χ3n) is 3.66. The van der Waals surface area contributed by atoms with Gasteiger partial charge in [-0.15, -0.1) is 0 Å². The number of aryl methyl sites for hydroxylation is 3. The summed E-state index contributed by atoms with van der Waals surface area (Å²) in [5.74, 6) is 0.890. The zero-order valence-corrected chi connectivity index (χ0v) is 14.2. The van der Waals surface area contributed by atoms with Crippen molar-refractivity contribution in [3.63, 3.8) is 0 Å². The van der Waals surface area contributed by atoms with Crippen molar-refractivity contribution < 1.29 is 9.53 Å². The Hall–Kier alpha value is -2.47. The second kappa shape index (κ2) is 6.97. The molecule has 0 saturated heterocycles. The number of rotatable bonds is 5. The molecule has 1 aromatic carbocycles. The predicted octanol–water partition coefficient (Wildman–Crippen LogP) is 3.34. The Morgan fingerprint density at radius 1 is 1.25 bits per heavy atom. The van der Waals surface area contributed by atoms with Crippen molar-refractivity contribution in [1.29, 1.82) is 0 Å².